The third kappa shape index (κ3) is 10.4. The van der Waals surface area contributed by atoms with Gasteiger partial charge >= 0.3 is 0 Å². The van der Waals surface area contributed by atoms with E-state index in [1.165, 1.54) is 26.2 Å². The molecule has 27 heavy (non-hydrogen) atoms. The number of unbranched alkanes of at least 4 members (excludes halogenated alkanes) is 2. The molecule has 1 rings (SSSR count). The first-order chi connectivity index (χ1) is 12.5. The van der Waals surface area contributed by atoms with Crippen molar-refractivity contribution in [2.75, 3.05) is 19.0 Å². The zero-order valence-electron chi connectivity index (χ0n) is 17.2. The summed E-state index contributed by atoms with van der Waals surface area (Å²) in [4.78, 5) is 16.0. The van der Waals surface area contributed by atoms with Crippen LogP contribution in [0.15, 0.2) is 23.2 Å². The minimum absolute atomic E-state index is 0. The molecule has 6 nitrogen and oxygen atoms in total. The van der Waals surface area contributed by atoms with Gasteiger partial charge in [-0.05, 0) is 38.0 Å². The van der Waals surface area contributed by atoms with Crippen LogP contribution in [0.5, 0.6) is 5.75 Å². The van der Waals surface area contributed by atoms with E-state index in [1.54, 1.807) is 7.11 Å². The van der Waals surface area contributed by atoms with Gasteiger partial charge in [0.25, 0.3) is 0 Å². The summed E-state index contributed by atoms with van der Waals surface area (Å²) >= 11 is 0. The maximum Gasteiger partial charge on any atom is 0.221 e. The smallest absolute Gasteiger partial charge is 0.221 e. The lowest BCUT2D eigenvalue weighted by Gasteiger charge is -2.18. The summed E-state index contributed by atoms with van der Waals surface area (Å²) in [6, 6.07) is 6.09. The number of methoxy groups -OCH3 is 1. The molecular weight excluding hydrogens is 455 g/mol. The molecule has 1 aromatic carbocycles. The number of hydrogen-bond donors (Lipinski definition) is 3. The Hall–Kier alpha value is -1.51. The quantitative estimate of drug-likeness (QED) is 0.198. The van der Waals surface area contributed by atoms with Crippen LogP contribution in [0.25, 0.3) is 0 Å². The van der Waals surface area contributed by atoms with Crippen LogP contribution in [0.1, 0.15) is 58.9 Å². The van der Waals surface area contributed by atoms with Crippen molar-refractivity contribution in [2.24, 2.45) is 4.99 Å². The molecule has 0 heterocycles. The Labute approximate surface area is 181 Å². The Morgan fingerprint density at radius 3 is 2.59 bits per heavy atom. The van der Waals surface area contributed by atoms with Crippen LogP contribution < -0.4 is 20.7 Å². The number of guanidine groups is 1. The molecule has 1 aromatic rings. The van der Waals surface area contributed by atoms with E-state index in [0.29, 0.717) is 24.0 Å². The zero-order chi connectivity index (χ0) is 19.4. The summed E-state index contributed by atoms with van der Waals surface area (Å²) in [6.45, 7) is 9.28. The number of rotatable bonds is 10. The molecule has 0 aromatic heterocycles. The highest BCUT2D eigenvalue weighted by Crippen LogP contribution is 2.25. The number of hydrogen-bond acceptors (Lipinski definition) is 3. The molecule has 1 atom stereocenters. The van der Waals surface area contributed by atoms with Gasteiger partial charge in [-0.1, -0.05) is 32.3 Å². The zero-order valence-corrected chi connectivity index (χ0v) is 19.6. The maximum absolute atomic E-state index is 11.4. The molecular formula is C20H35IN4O2. The van der Waals surface area contributed by atoms with Gasteiger partial charge in [0.2, 0.25) is 5.91 Å². The lowest BCUT2D eigenvalue weighted by Crippen LogP contribution is -2.42. The van der Waals surface area contributed by atoms with Crippen LogP contribution in [0.4, 0.5) is 5.69 Å². The van der Waals surface area contributed by atoms with Crippen LogP contribution in [-0.4, -0.2) is 31.6 Å². The third-order valence-electron chi connectivity index (χ3n) is 3.96. The first-order valence-corrected chi connectivity index (χ1v) is 9.49. The molecule has 7 heteroatoms. The maximum atomic E-state index is 11.4. The van der Waals surface area contributed by atoms with E-state index in [2.05, 4.69) is 41.7 Å². The Morgan fingerprint density at radius 2 is 2.00 bits per heavy atom. The molecule has 0 saturated carbocycles. The van der Waals surface area contributed by atoms with Crippen molar-refractivity contribution >= 4 is 41.5 Å². The van der Waals surface area contributed by atoms with E-state index in [0.717, 1.165) is 24.5 Å². The van der Waals surface area contributed by atoms with Crippen LogP contribution >= 0.6 is 24.0 Å². The highest BCUT2D eigenvalue weighted by Gasteiger charge is 2.07. The molecule has 3 N–H and O–H groups in total. The lowest BCUT2D eigenvalue weighted by molar-refractivity contribution is -0.114. The number of carbonyl (C=O) groups is 1. The number of benzene rings is 1. The third-order valence-corrected chi connectivity index (χ3v) is 3.96. The Balaban J connectivity index is 0.00000676. The molecule has 1 amide bonds. The van der Waals surface area contributed by atoms with Gasteiger partial charge in [-0.25, -0.2) is 4.99 Å². The first-order valence-electron chi connectivity index (χ1n) is 9.49. The highest BCUT2D eigenvalue weighted by molar-refractivity contribution is 14.0. The standard InChI is InChI=1S/C20H34N4O2.HI/c1-6-8-9-10-15(3)23-20(21-7-2)22-14-17-11-12-19(26-5)18(13-17)24-16(4)25;/h11-13,15H,6-10,14H2,1-5H3,(H,24,25)(H2,21,22,23);1H. The minimum Gasteiger partial charge on any atom is -0.495 e. The summed E-state index contributed by atoms with van der Waals surface area (Å²) < 4.78 is 5.29. The van der Waals surface area contributed by atoms with Gasteiger partial charge in [0.1, 0.15) is 5.75 Å². The molecule has 0 aliphatic heterocycles. The number of amides is 1. The van der Waals surface area contributed by atoms with Gasteiger partial charge in [-0.3, -0.25) is 4.79 Å². The van der Waals surface area contributed by atoms with Gasteiger partial charge in [-0.15, -0.1) is 24.0 Å². The van der Waals surface area contributed by atoms with E-state index in [9.17, 15) is 4.79 Å². The fraction of sp³-hybridized carbons (Fsp3) is 0.600. The molecule has 0 aliphatic carbocycles. The van der Waals surface area contributed by atoms with Gasteiger partial charge in [0.05, 0.1) is 19.3 Å². The predicted octanol–water partition coefficient (Wildman–Crippen LogP) is 4.30. The Kier molecular flexibility index (Phi) is 13.7. The molecule has 0 fully saturated rings. The van der Waals surface area contributed by atoms with Gasteiger partial charge in [0.15, 0.2) is 5.96 Å². The normalized spacial score (nSPS) is 12.0. The van der Waals surface area contributed by atoms with Gasteiger partial charge < -0.3 is 20.7 Å². The summed E-state index contributed by atoms with van der Waals surface area (Å²) in [7, 11) is 1.59. The second kappa shape index (κ2) is 14.5. The monoisotopic (exact) mass is 490 g/mol. The van der Waals surface area contributed by atoms with Crippen molar-refractivity contribution in [3.05, 3.63) is 23.8 Å². The van der Waals surface area contributed by atoms with Crippen molar-refractivity contribution in [1.82, 2.24) is 10.6 Å². The summed E-state index contributed by atoms with van der Waals surface area (Å²) in [5.74, 6) is 1.33. The van der Waals surface area contributed by atoms with Gasteiger partial charge in [0, 0.05) is 19.5 Å². The number of anilines is 1. The van der Waals surface area contributed by atoms with E-state index < -0.39 is 0 Å². The number of nitrogens with one attached hydrogen (secondary N) is 3. The molecule has 0 saturated heterocycles. The minimum atomic E-state index is -0.125. The molecule has 1 unspecified atom stereocenters. The van der Waals surface area contributed by atoms with Crippen LogP contribution in [0, 0.1) is 0 Å². The molecule has 154 valence electrons. The fourth-order valence-electron chi connectivity index (χ4n) is 2.64. The number of nitrogens with zero attached hydrogens (tertiary/aromatic N) is 1. The van der Waals surface area contributed by atoms with E-state index in [-0.39, 0.29) is 29.9 Å². The summed E-state index contributed by atoms with van der Waals surface area (Å²) in [6.07, 6.45) is 4.85. The van der Waals surface area contributed by atoms with Crippen LogP contribution in [0.2, 0.25) is 0 Å². The fourth-order valence-corrected chi connectivity index (χ4v) is 2.64. The average Bonchev–Trinajstić information content (AvgIpc) is 2.60. The van der Waals surface area contributed by atoms with E-state index >= 15 is 0 Å². The second-order valence-electron chi connectivity index (χ2n) is 6.45. The van der Waals surface area contributed by atoms with Crippen molar-refractivity contribution in [3.8, 4) is 5.75 Å². The van der Waals surface area contributed by atoms with Crippen LogP contribution in [0.3, 0.4) is 0 Å². The first kappa shape index (κ1) is 25.5. The van der Waals surface area contributed by atoms with Gasteiger partial charge in [-0.2, -0.15) is 0 Å². The number of aliphatic imine (C=N–C) groups is 1. The number of carbonyl (C=O) groups excluding carboxylic acids is 1. The predicted molar refractivity (Wildman–Crippen MR) is 124 cm³/mol. The highest BCUT2D eigenvalue weighted by atomic mass is 127. The van der Waals surface area contributed by atoms with Crippen molar-refractivity contribution in [1.29, 1.82) is 0 Å². The molecule has 0 spiro atoms. The van der Waals surface area contributed by atoms with Crippen molar-refractivity contribution in [3.63, 3.8) is 0 Å². The van der Waals surface area contributed by atoms with Crippen molar-refractivity contribution < 1.29 is 9.53 Å². The molecule has 0 aliphatic rings. The van der Waals surface area contributed by atoms with E-state index in [4.69, 9.17) is 4.74 Å². The Bertz CT molecular complexity index is 593. The second-order valence-corrected chi connectivity index (χ2v) is 6.45. The van der Waals surface area contributed by atoms with Crippen molar-refractivity contribution in [2.45, 2.75) is 66.0 Å². The van der Waals surface area contributed by atoms with Crippen LogP contribution in [-0.2, 0) is 11.3 Å². The number of ether oxygens (including phenoxy) is 1. The van der Waals surface area contributed by atoms with E-state index in [1.807, 2.05) is 18.2 Å². The largest absolute Gasteiger partial charge is 0.495 e. The molecule has 0 radical (unpaired) electrons. The Morgan fingerprint density at radius 1 is 1.26 bits per heavy atom. The average molecular weight is 490 g/mol. The SMILES string of the molecule is CCCCCC(C)NC(=NCc1ccc(OC)c(NC(C)=O)c1)NCC.I. The number of halogens is 1. The lowest BCUT2D eigenvalue weighted by atomic mass is 10.1. The summed E-state index contributed by atoms with van der Waals surface area (Å²) in [5, 5.41) is 9.54. The molecule has 0 bridgehead atoms. The topological polar surface area (TPSA) is 74.8 Å². The summed E-state index contributed by atoms with van der Waals surface area (Å²) in [5.41, 5.74) is 1.67.